The maximum Gasteiger partial charge on any atom is 0.254 e. The molecular formula is C14H17FN2O. The Morgan fingerprint density at radius 3 is 3.06 bits per heavy atom. The lowest BCUT2D eigenvalue weighted by Crippen LogP contribution is -2.25. The summed E-state index contributed by atoms with van der Waals surface area (Å²) in [5, 5.41) is 2.74. The summed E-state index contributed by atoms with van der Waals surface area (Å²) in [6.07, 6.45) is 10.3. The molecule has 1 amide bonds. The molecule has 3 nitrogen and oxygen atoms in total. The zero-order valence-electron chi connectivity index (χ0n) is 10.3. The highest BCUT2D eigenvalue weighted by Gasteiger charge is 2.11. The number of halogens is 1. The Kier molecular flexibility index (Phi) is 4.45. The van der Waals surface area contributed by atoms with Gasteiger partial charge in [0, 0.05) is 12.7 Å². The monoisotopic (exact) mass is 248 g/mol. The van der Waals surface area contributed by atoms with Gasteiger partial charge in [-0.25, -0.2) is 4.39 Å². The van der Waals surface area contributed by atoms with Crippen molar-refractivity contribution >= 4 is 5.91 Å². The number of carbonyl (C=O) groups excluding carboxylic acids is 1. The second-order valence-electron chi connectivity index (χ2n) is 4.47. The predicted octanol–water partition coefficient (Wildman–Crippen LogP) is 2.84. The van der Waals surface area contributed by atoms with Crippen molar-refractivity contribution in [3.05, 3.63) is 41.5 Å². The van der Waals surface area contributed by atoms with Crippen LogP contribution in [0.3, 0.4) is 0 Å². The van der Waals surface area contributed by atoms with Gasteiger partial charge in [0.1, 0.15) is 0 Å². The summed E-state index contributed by atoms with van der Waals surface area (Å²) < 4.78 is 13.3. The van der Waals surface area contributed by atoms with E-state index in [-0.39, 0.29) is 11.5 Å². The first-order chi connectivity index (χ1) is 8.77. The second-order valence-corrected chi connectivity index (χ2v) is 4.47. The minimum absolute atomic E-state index is 0.0580. The van der Waals surface area contributed by atoms with Gasteiger partial charge in [0.25, 0.3) is 5.91 Å². The van der Waals surface area contributed by atoms with E-state index in [1.165, 1.54) is 30.7 Å². The Labute approximate surface area is 106 Å². The maximum atomic E-state index is 13.3. The van der Waals surface area contributed by atoms with Crippen molar-refractivity contribution in [3.8, 4) is 0 Å². The SMILES string of the molecule is O=C(NCCC1=CCCCC1)c1ccncc1F. The van der Waals surface area contributed by atoms with Crippen LogP contribution in [0.2, 0.25) is 0 Å². The van der Waals surface area contributed by atoms with Crippen molar-refractivity contribution in [1.29, 1.82) is 0 Å². The van der Waals surface area contributed by atoms with E-state index >= 15 is 0 Å². The Morgan fingerprint density at radius 1 is 1.44 bits per heavy atom. The highest BCUT2D eigenvalue weighted by molar-refractivity contribution is 5.94. The summed E-state index contributed by atoms with van der Waals surface area (Å²) in [4.78, 5) is 15.3. The van der Waals surface area contributed by atoms with E-state index in [1.54, 1.807) is 0 Å². The number of aromatic nitrogens is 1. The zero-order chi connectivity index (χ0) is 12.8. The van der Waals surface area contributed by atoms with E-state index in [0.717, 1.165) is 25.5 Å². The smallest absolute Gasteiger partial charge is 0.254 e. The van der Waals surface area contributed by atoms with E-state index in [0.29, 0.717) is 6.54 Å². The van der Waals surface area contributed by atoms with E-state index in [4.69, 9.17) is 0 Å². The number of allylic oxidation sites excluding steroid dienone is 1. The average Bonchev–Trinajstić information content (AvgIpc) is 2.40. The van der Waals surface area contributed by atoms with E-state index in [2.05, 4.69) is 16.4 Å². The van der Waals surface area contributed by atoms with Gasteiger partial charge in [0.15, 0.2) is 5.82 Å². The minimum atomic E-state index is -0.577. The molecule has 0 radical (unpaired) electrons. The van der Waals surface area contributed by atoms with Gasteiger partial charge in [-0.3, -0.25) is 9.78 Å². The molecule has 0 atom stereocenters. The fraction of sp³-hybridized carbons (Fsp3) is 0.429. The Balaban J connectivity index is 1.82. The van der Waals surface area contributed by atoms with Crippen molar-refractivity contribution in [3.63, 3.8) is 0 Å². The average molecular weight is 248 g/mol. The van der Waals surface area contributed by atoms with E-state index in [1.807, 2.05) is 0 Å². The predicted molar refractivity (Wildman–Crippen MR) is 67.7 cm³/mol. The molecule has 1 aliphatic carbocycles. The first-order valence-electron chi connectivity index (χ1n) is 6.33. The normalized spacial score (nSPS) is 15.1. The summed E-state index contributed by atoms with van der Waals surface area (Å²) in [5.74, 6) is -0.946. The molecule has 4 heteroatoms. The van der Waals surface area contributed by atoms with Gasteiger partial charge in [-0.1, -0.05) is 11.6 Å². The fourth-order valence-corrected chi connectivity index (χ4v) is 2.12. The van der Waals surface area contributed by atoms with Gasteiger partial charge in [-0.05, 0) is 38.2 Å². The van der Waals surface area contributed by atoms with Crippen molar-refractivity contribution in [1.82, 2.24) is 10.3 Å². The molecule has 0 spiro atoms. The van der Waals surface area contributed by atoms with E-state index < -0.39 is 5.82 Å². The van der Waals surface area contributed by atoms with Crippen molar-refractivity contribution < 1.29 is 9.18 Å². The Bertz CT molecular complexity index is 457. The van der Waals surface area contributed by atoms with Crippen molar-refractivity contribution in [2.45, 2.75) is 32.1 Å². The third kappa shape index (κ3) is 3.39. The third-order valence-electron chi connectivity index (χ3n) is 3.13. The molecule has 0 saturated heterocycles. The van der Waals surface area contributed by atoms with Crippen LogP contribution in [-0.2, 0) is 0 Å². The molecule has 18 heavy (non-hydrogen) atoms. The minimum Gasteiger partial charge on any atom is -0.352 e. The zero-order valence-corrected chi connectivity index (χ0v) is 10.3. The van der Waals surface area contributed by atoms with E-state index in [9.17, 15) is 9.18 Å². The summed E-state index contributed by atoms with van der Waals surface area (Å²) in [5.41, 5.74) is 1.46. The molecule has 1 aromatic heterocycles. The van der Waals surface area contributed by atoms with Crippen LogP contribution in [-0.4, -0.2) is 17.4 Å². The van der Waals surface area contributed by atoms with Gasteiger partial charge in [-0.15, -0.1) is 0 Å². The molecule has 0 unspecified atom stereocenters. The molecular weight excluding hydrogens is 231 g/mol. The molecule has 1 heterocycles. The number of rotatable bonds is 4. The first-order valence-corrected chi connectivity index (χ1v) is 6.33. The highest BCUT2D eigenvalue weighted by Crippen LogP contribution is 2.19. The number of amides is 1. The van der Waals surface area contributed by atoms with Gasteiger partial charge in [0.05, 0.1) is 11.8 Å². The molecule has 1 aliphatic rings. The first kappa shape index (κ1) is 12.7. The molecule has 0 aliphatic heterocycles. The Morgan fingerprint density at radius 2 is 2.33 bits per heavy atom. The molecule has 0 bridgehead atoms. The summed E-state index contributed by atoms with van der Waals surface area (Å²) in [6.45, 7) is 0.562. The number of nitrogens with one attached hydrogen (secondary N) is 1. The molecule has 0 fully saturated rings. The molecule has 1 N–H and O–H groups in total. The lowest BCUT2D eigenvalue weighted by atomic mass is 9.97. The molecule has 96 valence electrons. The Hall–Kier alpha value is -1.71. The molecule has 0 saturated carbocycles. The lowest BCUT2D eigenvalue weighted by molar-refractivity contribution is 0.0950. The maximum absolute atomic E-state index is 13.3. The van der Waals surface area contributed by atoms with Crippen LogP contribution in [0.5, 0.6) is 0 Å². The number of hydrogen-bond donors (Lipinski definition) is 1. The molecule has 1 aromatic rings. The topological polar surface area (TPSA) is 42.0 Å². The van der Waals surface area contributed by atoms with Crippen LogP contribution in [0.1, 0.15) is 42.5 Å². The van der Waals surface area contributed by atoms with Gasteiger partial charge >= 0.3 is 0 Å². The van der Waals surface area contributed by atoms with Crippen LogP contribution < -0.4 is 5.32 Å². The number of nitrogens with zero attached hydrogens (tertiary/aromatic N) is 1. The van der Waals surface area contributed by atoms with Crippen LogP contribution >= 0.6 is 0 Å². The van der Waals surface area contributed by atoms with Crippen LogP contribution in [0.4, 0.5) is 4.39 Å². The second kappa shape index (κ2) is 6.28. The standard InChI is InChI=1S/C14H17FN2O/c15-13-10-16-8-7-12(13)14(18)17-9-6-11-4-2-1-3-5-11/h4,7-8,10H,1-3,5-6,9H2,(H,17,18). The third-order valence-corrected chi connectivity index (χ3v) is 3.13. The summed E-state index contributed by atoms with van der Waals surface area (Å²) in [6, 6.07) is 1.39. The van der Waals surface area contributed by atoms with Gasteiger partial charge < -0.3 is 5.32 Å². The quantitative estimate of drug-likeness (QED) is 0.832. The number of carbonyl (C=O) groups is 1. The fourth-order valence-electron chi connectivity index (χ4n) is 2.12. The van der Waals surface area contributed by atoms with Crippen LogP contribution in [0.15, 0.2) is 30.1 Å². The summed E-state index contributed by atoms with van der Waals surface area (Å²) in [7, 11) is 0. The lowest BCUT2D eigenvalue weighted by Gasteiger charge is -2.13. The van der Waals surface area contributed by atoms with Crippen LogP contribution in [0, 0.1) is 5.82 Å². The molecule has 0 aromatic carbocycles. The van der Waals surface area contributed by atoms with Crippen molar-refractivity contribution in [2.75, 3.05) is 6.54 Å². The summed E-state index contributed by atoms with van der Waals surface area (Å²) >= 11 is 0. The number of hydrogen-bond acceptors (Lipinski definition) is 2. The number of pyridine rings is 1. The van der Waals surface area contributed by atoms with Gasteiger partial charge in [0.2, 0.25) is 0 Å². The van der Waals surface area contributed by atoms with Crippen molar-refractivity contribution in [2.24, 2.45) is 0 Å². The van der Waals surface area contributed by atoms with Gasteiger partial charge in [-0.2, -0.15) is 0 Å². The highest BCUT2D eigenvalue weighted by atomic mass is 19.1. The van der Waals surface area contributed by atoms with Crippen LogP contribution in [0.25, 0.3) is 0 Å². The molecule has 2 rings (SSSR count). The largest absolute Gasteiger partial charge is 0.352 e.